The monoisotopic (exact) mass is 176 g/mol. The number of hydrogen-bond donors (Lipinski definition) is 0. The number of ether oxygens (including phenoxy) is 1. The Morgan fingerprint density at radius 2 is 2.00 bits per heavy atom. The molecule has 0 fully saturated rings. The summed E-state index contributed by atoms with van der Waals surface area (Å²) < 4.78 is 4.91. The van der Waals surface area contributed by atoms with Gasteiger partial charge < -0.3 is 4.74 Å². The molecule has 1 aromatic rings. The van der Waals surface area contributed by atoms with Crippen LogP contribution in [0.3, 0.4) is 0 Å². The summed E-state index contributed by atoms with van der Waals surface area (Å²) in [5.41, 5.74) is 0.448. The Hall–Kier alpha value is -1.86. The van der Waals surface area contributed by atoms with Crippen molar-refractivity contribution in [1.29, 1.82) is 0 Å². The zero-order chi connectivity index (χ0) is 9.68. The predicted octanol–water partition coefficient (Wildman–Crippen LogP) is 1.27. The van der Waals surface area contributed by atoms with E-state index in [-0.39, 0.29) is 5.78 Å². The van der Waals surface area contributed by atoms with Gasteiger partial charge in [-0.2, -0.15) is 0 Å². The summed E-state index contributed by atoms with van der Waals surface area (Å²) >= 11 is 0. The van der Waals surface area contributed by atoms with E-state index in [1.54, 1.807) is 31.4 Å². The normalized spacial score (nSPS) is 8.69. The van der Waals surface area contributed by atoms with Crippen LogP contribution in [0.15, 0.2) is 30.3 Å². The van der Waals surface area contributed by atoms with Gasteiger partial charge in [-0.25, -0.2) is 4.79 Å². The molecule has 1 aromatic carbocycles. The van der Waals surface area contributed by atoms with Crippen LogP contribution in [0.5, 0.6) is 5.75 Å². The molecule has 0 radical (unpaired) electrons. The number of carbonyl (C=O) groups excluding carboxylic acids is 2. The molecule has 13 heavy (non-hydrogen) atoms. The van der Waals surface area contributed by atoms with Crippen LogP contribution in [-0.2, 0) is 4.79 Å². The molecule has 0 heterocycles. The second kappa shape index (κ2) is 4.24. The Bertz CT molecular complexity index is 345. The molecule has 0 spiro atoms. The molecule has 0 N–H and O–H groups in total. The van der Waals surface area contributed by atoms with Crippen LogP contribution >= 0.6 is 0 Å². The molecule has 3 nitrogen and oxygen atoms in total. The van der Waals surface area contributed by atoms with Gasteiger partial charge in [0.25, 0.3) is 0 Å². The van der Waals surface area contributed by atoms with Gasteiger partial charge in [-0.15, -0.1) is 0 Å². The molecule has 0 saturated carbocycles. The molecular weight excluding hydrogens is 168 g/mol. The highest BCUT2D eigenvalue weighted by Gasteiger charge is 2.01. The van der Waals surface area contributed by atoms with Crippen LogP contribution in [0.4, 0.5) is 0 Å². The lowest BCUT2D eigenvalue weighted by Gasteiger charge is -1.98. The largest absolute Gasteiger partial charge is 0.497 e. The zero-order valence-electron chi connectivity index (χ0n) is 7.11. The van der Waals surface area contributed by atoms with Crippen LogP contribution in [0, 0.1) is 0 Å². The lowest BCUT2D eigenvalue weighted by molar-refractivity contribution is 0.104. The predicted molar refractivity (Wildman–Crippen MR) is 47.6 cm³/mol. The maximum atomic E-state index is 11.1. The van der Waals surface area contributed by atoms with Crippen molar-refractivity contribution in [2.24, 2.45) is 0 Å². The Morgan fingerprint density at radius 1 is 1.38 bits per heavy atom. The Morgan fingerprint density at radius 3 is 2.46 bits per heavy atom. The number of hydrogen-bond acceptors (Lipinski definition) is 3. The fourth-order valence-electron chi connectivity index (χ4n) is 0.892. The smallest absolute Gasteiger partial charge is 0.196 e. The molecule has 0 unspecified atom stereocenters. The van der Waals surface area contributed by atoms with Gasteiger partial charge in [-0.05, 0) is 24.3 Å². The van der Waals surface area contributed by atoms with Gasteiger partial charge >= 0.3 is 0 Å². The molecule has 0 aliphatic heterocycles. The maximum absolute atomic E-state index is 11.1. The maximum Gasteiger partial charge on any atom is 0.196 e. The quantitative estimate of drug-likeness (QED) is 0.395. The van der Waals surface area contributed by atoms with Crippen molar-refractivity contribution in [2.45, 2.75) is 0 Å². The molecular formula is C10H8O3. The van der Waals surface area contributed by atoms with Crippen LogP contribution < -0.4 is 4.74 Å². The fraction of sp³-hybridized carbons (Fsp3) is 0.100. The summed E-state index contributed by atoms with van der Waals surface area (Å²) in [6, 6.07) is 6.50. The van der Waals surface area contributed by atoms with E-state index in [1.807, 2.05) is 0 Å². The minimum Gasteiger partial charge on any atom is -0.497 e. The van der Waals surface area contributed by atoms with Crippen LogP contribution in [0.25, 0.3) is 0 Å². The first-order chi connectivity index (χ1) is 6.27. The molecule has 66 valence electrons. The van der Waals surface area contributed by atoms with E-state index < -0.39 is 0 Å². The van der Waals surface area contributed by atoms with Crippen molar-refractivity contribution in [3.63, 3.8) is 0 Å². The highest BCUT2D eigenvalue weighted by molar-refractivity contribution is 6.08. The van der Waals surface area contributed by atoms with Crippen molar-refractivity contribution >= 4 is 11.7 Å². The third-order valence-corrected chi connectivity index (χ3v) is 1.56. The lowest BCUT2D eigenvalue weighted by atomic mass is 10.1. The zero-order valence-corrected chi connectivity index (χ0v) is 7.11. The second-order valence-electron chi connectivity index (χ2n) is 2.35. The number of ketones is 1. The third kappa shape index (κ3) is 2.29. The van der Waals surface area contributed by atoms with E-state index in [1.165, 1.54) is 5.94 Å². The van der Waals surface area contributed by atoms with Crippen LogP contribution in [-0.4, -0.2) is 18.8 Å². The number of carbonyl (C=O) groups is 1. The average molecular weight is 176 g/mol. The number of benzene rings is 1. The summed E-state index contributed by atoms with van der Waals surface area (Å²) in [5.74, 6) is 1.76. The lowest BCUT2D eigenvalue weighted by Crippen LogP contribution is -1.94. The van der Waals surface area contributed by atoms with Gasteiger partial charge in [0, 0.05) is 5.56 Å². The molecule has 0 bridgehead atoms. The molecule has 0 amide bonds. The Labute approximate surface area is 75.6 Å². The summed E-state index contributed by atoms with van der Waals surface area (Å²) in [6.45, 7) is 0. The van der Waals surface area contributed by atoms with Crippen molar-refractivity contribution < 1.29 is 14.3 Å². The number of rotatable bonds is 3. The third-order valence-electron chi connectivity index (χ3n) is 1.56. The minimum absolute atomic E-state index is 0.349. The van der Waals surface area contributed by atoms with Gasteiger partial charge in [-0.3, -0.25) is 4.79 Å². The van der Waals surface area contributed by atoms with Gasteiger partial charge in [0.1, 0.15) is 11.7 Å². The van der Waals surface area contributed by atoms with E-state index in [2.05, 4.69) is 0 Å². The first-order valence-electron chi connectivity index (χ1n) is 3.67. The highest BCUT2D eigenvalue weighted by atomic mass is 16.5. The van der Waals surface area contributed by atoms with E-state index in [0.717, 1.165) is 6.08 Å². The first kappa shape index (κ1) is 9.23. The van der Waals surface area contributed by atoms with Gasteiger partial charge in [-0.1, -0.05) is 0 Å². The van der Waals surface area contributed by atoms with E-state index in [0.29, 0.717) is 11.3 Å². The average Bonchev–Trinajstić information content (AvgIpc) is 2.18. The minimum atomic E-state index is -0.349. The molecule has 0 atom stereocenters. The summed E-state index contributed by atoms with van der Waals surface area (Å²) in [5, 5.41) is 0. The highest BCUT2D eigenvalue weighted by Crippen LogP contribution is 2.11. The molecule has 0 aliphatic rings. The number of allylic oxidation sites excluding steroid dienone is 1. The molecule has 0 saturated heterocycles. The summed E-state index contributed by atoms with van der Waals surface area (Å²) in [7, 11) is 1.54. The van der Waals surface area contributed by atoms with Crippen molar-refractivity contribution in [2.75, 3.05) is 7.11 Å². The van der Waals surface area contributed by atoms with Gasteiger partial charge in [0.2, 0.25) is 0 Å². The molecule has 3 heteroatoms. The molecule has 1 rings (SSSR count). The van der Waals surface area contributed by atoms with Crippen molar-refractivity contribution in [3.05, 3.63) is 35.9 Å². The van der Waals surface area contributed by atoms with Crippen LogP contribution in [0.1, 0.15) is 10.4 Å². The summed E-state index contributed by atoms with van der Waals surface area (Å²) in [6.07, 6.45) is 0.863. The topological polar surface area (TPSA) is 43.4 Å². The Kier molecular flexibility index (Phi) is 3.01. The van der Waals surface area contributed by atoms with Crippen molar-refractivity contribution in [1.82, 2.24) is 0 Å². The van der Waals surface area contributed by atoms with E-state index >= 15 is 0 Å². The van der Waals surface area contributed by atoms with Gasteiger partial charge in [0.15, 0.2) is 5.78 Å². The first-order valence-corrected chi connectivity index (χ1v) is 3.67. The molecule has 0 aromatic heterocycles. The van der Waals surface area contributed by atoms with Crippen molar-refractivity contribution in [3.8, 4) is 5.75 Å². The summed E-state index contributed by atoms with van der Waals surface area (Å²) in [4.78, 5) is 21.0. The standard InChI is InChI=1S/C10H8O3/c1-13-9-4-2-8(3-5-9)10(12)6-7-11/h2-6H,1H3. The van der Waals surface area contributed by atoms with E-state index in [4.69, 9.17) is 4.74 Å². The van der Waals surface area contributed by atoms with E-state index in [9.17, 15) is 9.59 Å². The van der Waals surface area contributed by atoms with Crippen LogP contribution in [0.2, 0.25) is 0 Å². The Balaban J connectivity index is 2.92. The second-order valence-corrected chi connectivity index (χ2v) is 2.35. The van der Waals surface area contributed by atoms with Gasteiger partial charge in [0.05, 0.1) is 13.2 Å². The SMILES string of the molecule is COc1ccc(C(=O)C=C=O)cc1. The number of methoxy groups -OCH3 is 1. The fourth-order valence-corrected chi connectivity index (χ4v) is 0.892. The molecule has 0 aliphatic carbocycles.